The molecule has 1 heterocycles. The molecule has 1 aliphatic heterocycles. The van der Waals surface area contributed by atoms with Gasteiger partial charge in [0.15, 0.2) is 0 Å². The summed E-state index contributed by atoms with van der Waals surface area (Å²) in [5, 5.41) is 1.48. The van der Waals surface area contributed by atoms with Gasteiger partial charge in [-0.15, -0.1) is 0 Å². The summed E-state index contributed by atoms with van der Waals surface area (Å²) >= 11 is 0. The van der Waals surface area contributed by atoms with Crippen LogP contribution >= 0.6 is 0 Å². The number of hydrogen-bond acceptors (Lipinski definition) is 5. The number of nitrogens with zero attached hydrogens (tertiary/aromatic N) is 1. The lowest BCUT2D eigenvalue weighted by atomic mass is 10.1. The van der Waals surface area contributed by atoms with Crippen molar-refractivity contribution in [2.24, 2.45) is 0 Å². The molecule has 3 aromatic rings. The summed E-state index contributed by atoms with van der Waals surface area (Å²) < 4.78 is 38.7. The molecule has 1 aliphatic rings. The number of fused-ring (bicyclic) bond motifs is 1. The van der Waals surface area contributed by atoms with Crippen molar-refractivity contribution >= 4 is 38.7 Å². The second-order valence-electron chi connectivity index (χ2n) is 6.03. The number of benzene rings is 3. The van der Waals surface area contributed by atoms with Gasteiger partial charge in [0, 0.05) is 0 Å². The van der Waals surface area contributed by atoms with Gasteiger partial charge in [-0.2, -0.15) is 8.42 Å². The van der Waals surface area contributed by atoms with Crippen molar-refractivity contribution in [2.45, 2.75) is 4.90 Å². The van der Waals surface area contributed by atoms with E-state index < -0.39 is 33.3 Å². The summed E-state index contributed by atoms with van der Waals surface area (Å²) in [4.78, 5) is 29.1. The summed E-state index contributed by atoms with van der Waals surface area (Å²) in [5.74, 6) is -2.69. The van der Waals surface area contributed by atoms with Gasteiger partial charge in [0.1, 0.15) is 11.4 Å². The highest BCUT2D eigenvalue weighted by Gasteiger charge is 2.44. The summed E-state index contributed by atoms with van der Waals surface area (Å²) in [7, 11) is -4.40. The van der Waals surface area contributed by atoms with E-state index in [-0.39, 0.29) is 9.36 Å². The first kappa shape index (κ1) is 17.9. The fourth-order valence-corrected chi connectivity index (χ4v) is 3.97. The lowest BCUT2D eigenvalue weighted by Crippen LogP contribution is -2.31. The van der Waals surface area contributed by atoms with Crippen LogP contribution in [0.5, 0.6) is 0 Å². The molecule has 0 atom stereocenters. The molecule has 4 rings (SSSR count). The number of carbonyl (C=O) groups excluding carboxylic acids is 2. The fourth-order valence-electron chi connectivity index (χ4n) is 2.78. The minimum absolute atomic E-state index is 0.0782. The molecule has 0 saturated carbocycles. The molecule has 0 aromatic heterocycles. The van der Waals surface area contributed by atoms with E-state index in [9.17, 15) is 22.4 Å². The molecule has 3 aromatic carbocycles. The number of halogens is 1. The van der Waals surface area contributed by atoms with Crippen molar-refractivity contribution in [1.82, 2.24) is 4.47 Å². The van der Waals surface area contributed by atoms with Crippen LogP contribution in [0, 0.1) is 5.82 Å². The lowest BCUT2D eigenvalue weighted by molar-refractivity contribution is -0.160. The molecule has 6 nitrogen and oxygen atoms in total. The van der Waals surface area contributed by atoms with Gasteiger partial charge in [-0.05, 0) is 51.1 Å². The Morgan fingerprint density at radius 3 is 2.29 bits per heavy atom. The van der Waals surface area contributed by atoms with Gasteiger partial charge in [0.2, 0.25) is 0 Å². The SMILES string of the molecule is O=C1ON(S(=O)(=O)c2ccc3ccccc3c2)C(=O)/C1=C/c1ccc(F)cc1. The Morgan fingerprint density at radius 2 is 1.57 bits per heavy atom. The summed E-state index contributed by atoms with van der Waals surface area (Å²) in [5.41, 5.74) is -0.109. The predicted molar refractivity (Wildman–Crippen MR) is 98.4 cm³/mol. The Labute approximate surface area is 159 Å². The minimum Gasteiger partial charge on any atom is -0.317 e. The second kappa shape index (κ2) is 6.58. The topological polar surface area (TPSA) is 80.8 Å². The molecule has 28 heavy (non-hydrogen) atoms. The first-order valence-corrected chi connectivity index (χ1v) is 9.58. The van der Waals surface area contributed by atoms with Gasteiger partial charge in [-0.25, -0.2) is 9.18 Å². The van der Waals surface area contributed by atoms with Crippen LogP contribution in [0.25, 0.3) is 16.8 Å². The van der Waals surface area contributed by atoms with Crippen LogP contribution in [0.15, 0.2) is 77.2 Å². The van der Waals surface area contributed by atoms with Crippen LogP contribution in [-0.2, 0) is 24.4 Å². The summed E-state index contributed by atoms with van der Waals surface area (Å²) in [6.45, 7) is 0. The number of rotatable bonds is 3. The monoisotopic (exact) mass is 397 g/mol. The van der Waals surface area contributed by atoms with Crippen LogP contribution < -0.4 is 0 Å². The third kappa shape index (κ3) is 3.03. The maximum atomic E-state index is 13.0. The first-order chi connectivity index (χ1) is 13.4. The summed E-state index contributed by atoms with van der Waals surface area (Å²) in [6.07, 6.45) is 1.15. The van der Waals surface area contributed by atoms with Crippen LogP contribution in [0.2, 0.25) is 0 Å². The number of hydrogen-bond donors (Lipinski definition) is 0. The Balaban J connectivity index is 1.71. The largest absolute Gasteiger partial charge is 0.370 e. The standard InChI is InChI=1S/C20H12FNO5S/c21-16-8-5-13(6-9-16)11-18-19(23)22(27-20(18)24)28(25,26)17-10-7-14-3-1-2-4-15(14)12-17/h1-12H/b18-11-. The minimum atomic E-state index is -4.40. The van der Waals surface area contributed by atoms with E-state index >= 15 is 0 Å². The number of hydroxylamine groups is 1. The average molecular weight is 397 g/mol. The zero-order valence-corrected chi connectivity index (χ0v) is 15.0. The smallest absolute Gasteiger partial charge is 0.317 e. The van der Waals surface area contributed by atoms with Crippen LogP contribution in [0.1, 0.15) is 5.56 Å². The molecular weight excluding hydrogens is 385 g/mol. The second-order valence-corrected chi connectivity index (χ2v) is 7.79. The van der Waals surface area contributed by atoms with E-state index in [1.165, 1.54) is 24.3 Å². The highest BCUT2D eigenvalue weighted by Crippen LogP contribution is 2.28. The molecule has 1 fully saturated rings. The van der Waals surface area contributed by atoms with Crippen molar-refractivity contribution < 1.29 is 27.2 Å². The molecule has 1 saturated heterocycles. The molecule has 0 N–H and O–H groups in total. The maximum absolute atomic E-state index is 13.0. The molecular formula is C20H12FNO5S. The van der Waals surface area contributed by atoms with Gasteiger partial charge in [-0.3, -0.25) is 4.79 Å². The predicted octanol–water partition coefficient (Wildman–Crippen LogP) is 3.05. The van der Waals surface area contributed by atoms with Gasteiger partial charge in [-0.1, -0.05) is 42.5 Å². The van der Waals surface area contributed by atoms with Gasteiger partial charge in [0.25, 0.3) is 10.0 Å². The van der Waals surface area contributed by atoms with Crippen molar-refractivity contribution in [3.8, 4) is 0 Å². The van der Waals surface area contributed by atoms with Gasteiger partial charge >= 0.3 is 11.9 Å². The maximum Gasteiger partial charge on any atom is 0.370 e. The Bertz CT molecular complexity index is 1250. The number of carbonyl (C=O) groups is 2. The Kier molecular flexibility index (Phi) is 4.20. The van der Waals surface area contributed by atoms with E-state index in [0.717, 1.165) is 23.6 Å². The van der Waals surface area contributed by atoms with E-state index in [2.05, 4.69) is 0 Å². The van der Waals surface area contributed by atoms with Crippen molar-refractivity contribution in [3.05, 3.63) is 83.7 Å². The van der Waals surface area contributed by atoms with E-state index in [1.54, 1.807) is 18.2 Å². The average Bonchev–Trinajstić information content (AvgIpc) is 2.98. The molecule has 0 radical (unpaired) electrons. The van der Waals surface area contributed by atoms with Crippen LogP contribution in [0.3, 0.4) is 0 Å². The third-order valence-corrected chi connectivity index (χ3v) is 5.73. The number of sulfonamides is 1. The first-order valence-electron chi connectivity index (χ1n) is 8.14. The summed E-state index contributed by atoms with van der Waals surface area (Å²) in [6, 6.07) is 16.4. The Hall–Kier alpha value is -3.52. The zero-order chi connectivity index (χ0) is 19.9. The van der Waals surface area contributed by atoms with Crippen LogP contribution in [0.4, 0.5) is 4.39 Å². The normalized spacial score (nSPS) is 16.0. The third-order valence-electron chi connectivity index (χ3n) is 4.20. The van der Waals surface area contributed by atoms with Crippen molar-refractivity contribution in [1.29, 1.82) is 0 Å². The fraction of sp³-hybridized carbons (Fsp3) is 0. The zero-order valence-electron chi connectivity index (χ0n) is 14.2. The van der Waals surface area contributed by atoms with E-state index in [4.69, 9.17) is 4.84 Å². The molecule has 0 aliphatic carbocycles. The van der Waals surface area contributed by atoms with Gasteiger partial charge in [0.05, 0.1) is 4.90 Å². The highest BCUT2D eigenvalue weighted by molar-refractivity contribution is 7.89. The molecule has 0 spiro atoms. The van der Waals surface area contributed by atoms with Gasteiger partial charge < -0.3 is 4.84 Å². The molecule has 0 unspecified atom stereocenters. The quantitative estimate of drug-likeness (QED) is 0.501. The molecule has 1 amide bonds. The van der Waals surface area contributed by atoms with E-state index in [1.807, 2.05) is 12.1 Å². The highest BCUT2D eigenvalue weighted by atomic mass is 32.2. The molecule has 140 valence electrons. The molecule has 0 bridgehead atoms. The van der Waals surface area contributed by atoms with Crippen molar-refractivity contribution in [3.63, 3.8) is 0 Å². The number of amides is 1. The van der Waals surface area contributed by atoms with Crippen LogP contribution in [-0.4, -0.2) is 24.8 Å². The lowest BCUT2D eigenvalue weighted by Gasteiger charge is -2.13. The molecule has 8 heteroatoms. The van der Waals surface area contributed by atoms with Crippen molar-refractivity contribution in [2.75, 3.05) is 0 Å². The Morgan fingerprint density at radius 1 is 0.893 bits per heavy atom. The van der Waals surface area contributed by atoms with E-state index in [0.29, 0.717) is 10.9 Å².